The normalized spacial score (nSPS) is 10.5. The minimum atomic E-state index is 0.481. The molecule has 0 saturated heterocycles. The molecule has 2 aromatic heterocycles. The molecular formula is C12H16N4O. The topological polar surface area (TPSA) is 77.0 Å². The smallest absolute Gasteiger partial charge is 0.213 e. The Morgan fingerprint density at radius 1 is 1.35 bits per heavy atom. The second kappa shape index (κ2) is 4.45. The average molecular weight is 232 g/mol. The molecule has 0 unspecified atom stereocenters. The standard InChI is InChI=1S/C12H16N4O/c1-7-4-10(13)12(14-5-7)15-6-11-16-8(2)9(3)17-11/h4-5H,6,13H2,1-3H3,(H,14,15). The summed E-state index contributed by atoms with van der Waals surface area (Å²) in [5, 5.41) is 3.10. The van der Waals surface area contributed by atoms with Gasteiger partial charge in [-0.1, -0.05) is 0 Å². The van der Waals surface area contributed by atoms with Crippen molar-refractivity contribution in [2.45, 2.75) is 27.3 Å². The van der Waals surface area contributed by atoms with Crippen molar-refractivity contribution in [1.82, 2.24) is 9.97 Å². The number of nitrogens with one attached hydrogen (secondary N) is 1. The van der Waals surface area contributed by atoms with Crippen molar-refractivity contribution in [2.24, 2.45) is 0 Å². The van der Waals surface area contributed by atoms with Gasteiger partial charge in [0.2, 0.25) is 5.89 Å². The van der Waals surface area contributed by atoms with Gasteiger partial charge in [0.05, 0.1) is 17.9 Å². The zero-order chi connectivity index (χ0) is 12.4. The van der Waals surface area contributed by atoms with Crippen molar-refractivity contribution >= 4 is 11.5 Å². The van der Waals surface area contributed by atoms with Crippen molar-refractivity contribution in [3.8, 4) is 0 Å². The highest BCUT2D eigenvalue weighted by Gasteiger charge is 2.06. The van der Waals surface area contributed by atoms with E-state index in [0.29, 0.717) is 23.9 Å². The number of aromatic nitrogens is 2. The van der Waals surface area contributed by atoms with Gasteiger partial charge in [0, 0.05) is 6.20 Å². The number of nitrogens with zero attached hydrogens (tertiary/aromatic N) is 2. The summed E-state index contributed by atoms with van der Waals surface area (Å²) < 4.78 is 5.46. The molecule has 0 spiro atoms. The lowest BCUT2D eigenvalue weighted by atomic mass is 10.3. The Hall–Kier alpha value is -2.04. The number of rotatable bonds is 3. The third-order valence-corrected chi connectivity index (χ3v) is 2.53. The van der Waals surface area contributed by atoms with Crippen molar-refractivity contribution in [3.05, 3.63) is 35.2 Å². The number of hydrogen-bond acceptors (Lipinski definition) is 5. The van der Waals surface area contributed by atoms with Crippen LogP contribution in [0.15, 0.2) is 16.7 Å². The largest absolute Gasteiger partial charge is 0.444 e. The summed E-state index contributed by atoms with van der Waals surface area (Å²) in [5.74, 6) is 2.14. The van der Waals surface area contributed by atoms with E-state index >= 15 is 0 Å². The average Bonchev–Trinajstić information content (AvgIpc) is 2.57. The minimum absolute atomic E-state index is 0.481. The van der Waals surface area contributed by atoms with E-state index in [2.05, 4.69) is 15.3 Å². The molecule has 0 aliphatic carbocycles. The molecule has 0 atom stereocenters. The van der Waals surface area contributed by atoms with Crippen LogP contribution in [0, 0.1) is 20.8 Å². The first-order valence-electron chi connectivity index (χ1n) is 5.45. The number of pyridine rings is 1. The van der Waals surface area contributed by atoms with Crippen molar-refractivity contribution < 1.29 is 4.42 Å². The van der Waals surface area contributed by atoms with Crippen LogP contribution in [0.3, 0.4) is 0 Å². The summed E-state index contributed by atoms with van der Waals surface area (Å²) in [7, 11) is 0. The first kappa shape index (κ1) is 11.4. The second-order valence-corrected chi connectivity index (χ2v) is 4.05. The summed E-state index contributed by atoms with van der Waals surface area (Å²) in [5.41, 5.74) is 8.42. The summed E-state index contributed by atoms with van der Waals surface area (Å²) in [4.78, 5) is 8.49. The van der Waals surface area contributed by atoms with Gasteiger partial charge in [0.15, 0.2) is 0 Å². The highest BCUT2D eigenvalue weighted by atomic mass is 16.4. The highest BCUT2D eigenvalue weighted by molar-refractivity contribution is 5.61. The van der Waals surface area contributed by atoms with Crippen molar-refractivity contribution in [2.75, 3.05) is 11.1 Å². The fourth-order valence-electron chi connectivity index (χ4n) is 1.51. The van der Waals surface area contributed by atoms with Crippen molar-refractivity contribution in [1.29, 1.82) is 0 Å². The van der Waals surface area contributed by atoms with Crippen LogP contribution in [-0.4, -0.2) is 9.97 Å². The first-order valence-corrected chi connectivity index (χ1v) is 5.45. The van der Waals surface area contributed by atoms with Gasteiger partial charge in [-0.05, 0) is 32.4 Å². The van der Waals surface area contributed by atoms with Crippen LogP contribution in [0.5, 0.6) is 0 Å². The molecular weight excluding hydrogens is 216 g/mol. The molecule has 17 heavy (non-hydrogen) atoms. The third kappa shape index (κ3) is 2.55. The Morgan fingerprint density at radius 2 is 2.12 bits per heavy atom. The van der Waals surface area contributed by atoms with Gasteiger partial charge in [-0.2, -0.15) is 0 Å². The zero-order valence-electron chi connectivity index (χ0n) is 10.2. The van der Waals surface area contributed by atoms with Gasteiger partial charge in [-0.3, -0.25) is 0 Å². The Bertz CT molecular complexity index is 514. The second-order valence-electron chi connectivity index (χ2n) is 4.05. The number of aryl methyl sites for hydroxylation is 3. The Morgan fingerprint density at radius 3 is 2.71 bits per heavy atom. The lowest BCUT2D eigenvalue weighted by Gasteiger charge is -2.06. The molecule has 0 fully saturated rings. The molecule has 0 amide bonds. The predicted octanol–water partition coefficient (Wildman–Crippen LogP) is 2.19. The summed E-state index contributed by atoms with van der Waals surface area (Å²) in [6.07, 6.45) is 1.77. The van der Waals surface area contributed by atoms with E-state index in [-0.39, 0.29) is 0 Å². The van der Waals surface area contributed by atoms with Crippen LogP contribution in [0.2, 0.25) is 0 Å². The SMILES string of the molecule is Cc1cnc(NCc2nc(C)c(C)o2)c(N)c1. The monoisotopic (exact) mass is 232 g/mol. The molecule has 0 aliphatic heterocycles. The molecule has 0 bridgehead atoms. The van der Waals surface area contributed by atoms with E-state index in [1.807, 2.05) is 26.8 Å². The molecule has 2 rings (SSSR count). The predicted molar refractivity (Wildman–Crippen MR) is 66.7 cm³/mol. The number of oxazole rings is 1. The van der Waals surface area contributed by atoms with Crippen molar-refractivity contribution in [3.63, 3.8) is 0 Å². The quantitative estimate of drug-likeness (QED) is 0.848. The molecule has 0 saturated carbocycles. The number of hydrogen-bond donors (Lipinski definition) is 2. The number of nitrogens with two attached hydrogens (primary N) is 1. The summed E-state index contributed by atoms with van der Waals surface area (Å²) in [6.45, 7) is 6.24. The van der Waals surface area contributed by atoms with Gasteiger partial charge in [0.1, 0.15) is 11.6 Å². The van der Waals surface area contributed by atoms with Gasteiger partial charge < -0.3 is 15.5 Å². The molecule has 3 N–H and O–H groups in total. The zero-order valence-corrected chi connectivity index (χ0v) is 10.2. The van der Waals surface area contributed by atoms with Gasteiger partial charge in [-0.25, -0.2) is 9.97 Å². The van der Waals surface area contributed by atoms with E-state index in [4.69, 9.17) is 10.2 Å². The Labute approximate surface area is 100 Å². The molecule has 5 heteroatoms. The molecule has 2 heterocycles. The van der Waals surface area contributed by atoms with Gasteiger partial charge >= 0.3 is 0 Å². The van der Waals surface area contributed by atoms with Gasteiger partial charge in [0.25, 0.3) is 0 Å². The highest BCUT2D eigenvalue weighted by Crippen LogP contribution is 2.17. The van der Waals surface area contributed by atoms with Gasteiger partial charge in [-0.15, -0.1) is 0 Å². The fourth-order valence-corrected chi connectivity index (χ4v) is 1.51. The molecule has 0 aromatic carbocycles. The van der Waals surface area contributed by atoms with Crippen LogP contribution < -0.4 is 11.1 Å². The van der Waals surface area contributed by atoms with E-state index in [9.17, 15) is 0 Å². The third-order valence-electron chi connectivity index (χ3n) is 2.53. The lowest BCUT2D eigenvalue weighted by molar-refractivity contribution is 0.478. The molecule has 0 radical (unpaired) electrons. The lowest BCUT2D eigenvalue weighted by Crippen LogP contribution is -2.05. The maximum atomic E-state index is 5.84. The minimum Gasteiger partial charge on any atom is -0.444 e. The van der Waals surface area contributed by atoms with E-state index in [1.54, 1.807) is 6.20 Å². The summed E-state index contributed by atoms with van der Waals surface area (Å²) >= 11 is 0. The summed E-state index contributed by atoms with van der Waals surface area (Å²) in [6, 6.07) is 1.88. The fraction of sp³-hybridized carbons (Fsp3) is 0.333. The van der Waals surface area contributed by atoms with Crippen LogP contribution in [0.4, 0.5) is 11.5 Å². The van der Waals surface area contributed by atoms with Crippen LogP contribution in [0.25, 0.3) is 0 Å². The van der Waals surface area contributed by atoms with E-state index in [1.165, 1.54) is 0 Å². The Balaban J connectivity index is 2.07. The molecule has 2 aromatic rings. The van der Waals surface area contributed by atoms with E-state index < -0.39 is 0 Å². The van der Waals surface area contributed by atoms with Crippen LogP contribution >= 0.6 is 0 Å². The maximum absolute atomic E-state index is 5.84. The molecule has 90 valence electrons. The number of anilines is 2. The maximum Gasteiger partial charge on any atom is 0.213 e. The van der Waals surface area contributed by atoms with Crippen LogP contribution in [0.1, 0.15) is 22.9 Å². The Kier molecular flexibility index (Phi) is 2.99. The molecule has 5 nitrogen and oxygen atoms in total. The first-order chi connectivity index (χ1) is 8.06. The number of nitrogen functional groups attached to an aromatic ring is 1. The molecule has 0 aliphatic rings. The van der Waals surface area contributed by atoms with E-state index in [0.717, 1.165) is 17.0 Å². The van der Waals surface area contributed by atoms with Crippen LogP contribution in [-0.2, 0) is 6.54 Å².